The third-order valence-electron chi connectivity index (χ3n) is 4.17. The average molecular weight is 240 g/mol. The number of hydrogen-bond acceptors (Lipinski definition) is 3. The largest absolute Gasteiger partial charge is 0.396 e. The third-order valence-corrected chi connectivity index (χ3v) is 4.17. The van der Waals surface area contributed by atoms with Gasteiger partial charge >= 0.3 is 0 Å². The molecule has 2 rings (SSSR count). The number of piperidine rings is 1. The van der Waals surface area contributed by atoms with Crippen LogP contribution >= 0.6 is 0 Å². The van der Waals surface area contributed by atoms with Crippen molar-refractivity contribution in [1.82, 2.24) is 10.2 Å². The van der Waals surface area contributed by atoms with Crippen LogP contribution in [0.3, 0.4) is 0 Å². The van der Waals surface area contributed by atoms with E-state index < -0.39 is 0 Å². The number of aliphatic hydroxyl groups is 1. The Bertz CT molecular complexity index is 218. The summed E-state index contributed by atoms with van der Waals surface area (Å²) in [5, 5.41) is 12.4. The van der Waals surface area contributed by atoms with E-state index in [2.05, 4.69) is 17.1 Å². The Hall–Kier alpha value is -0.120. The molecule has 2 atom stereocenters. The summed E-state index contributed by atoms with van der Waals surface area (Å²) in [4.78, 5) is 2.67. The van der Waals surface area contributed by atoms with Crippen molar-refractivity contribution in [3.8, 4) is 0 Å². The highest BCUT2D eigenvalue weighted by Gasteiger charge is 2.30. The van der Waals surface area contributed by atoms with Gasteiger partial charge in [-0.1, -0.05) is 13.3 Å². The Morgan fingerprint density at radius 2 is 2.06 bits per heavy atom. The number of nitrogens with zero attached hydrogens (tertiary/aromatic N) is 1. The number of nitrogens with one attached hydrogen (secondary N) is 1. The SMILES string of the molecule is CCC1CC(NCCCO)CN(CC2CC2)C1. The summed E-state index contributed by atoms with van der Waals surface area (Å²) in [6, 6.07) is 0.652. The maximum absolute atomic E-state index is 8.82. The van der Waals surface area contributed by atoms with Crippen LogP contribution in [0.15, 0.2) is 0 Å². The van der Waals surface area contributed by atoms with E-state index in [1.165, 1.54) is 45.3 Å². The van der Waals surface area contributed by atoms with E-state index in [1.807, 2.05) is 0 Å². The van der Waals surface area contributed by atoms with Gasteiger partial charge in [0, 0.05) is 32.3 Å². The Morgan fingerprint density at radius 1 is 1.24 bits per heavy atom. The Labute approximate surface area is 106 Å². The first-order valence-electron chi connectivity index (χ1n) is 7.38. The van der Waals surface area contributed by atoms with Crippen LogP contribution in [-0.2, 0) is 0 Å². The molecule has 1 saturated heterocycles. The highest BCUT2D eigenvalue weighted by Crippen LogP contribution is 2.31. The molecule has 0 spiro atoms. The Kier molecular flexibility index (Phi) is 5.26. The van der Waals surface area contributed by atoms with Crippen molar-refractivity contribution in [3.05, 3.63) is 0 Å². The maximum Gasteiger partial charge on any atom is 0.0443 e. The minimum absolute atomic E-state index is 0.308. The van der Waals surface area contributed by atoms with Crippen molar-refractivity contribution in [3.63, 3.8) is 0 Å². The second-order valence-electron chi connectivity index (χ2n) is 5.90. The molecule has 0 amide bonds. The van der Waals surface area contributed by atoms with E-state index in [1.54, 1.807) is 0 Å². The van der Waals surface area contributed by atoms with E-state index in [9.17, 15) is 0 Å². The number of aliphatic hydroxyl groups excluding tert-OH is 1. The van der Waals surface area contributed by atoms with Crippen molar-refractivity contribution in [2.24, 2.45) is 11.8 Å². The molecule has 0 bridgehead atoms. The highest BCUT2D eigenvalue weighted by atomic mass is 16.3. The molecule has 1 saturated carbocycles. The van der Waals surface area contributed by atoms with E-state index in [0.29, 0.717) is 12.6 Å². The number of hydrogen-bond donors (Lipinski definition) is 2. The van der Waals surface area contributed by atoms with Crippen molar-refractivity contribution < 1.29 is 5.11 Å². The van der Waals surface area contributed by atoms with E-state index >= 15 is 0 Å². The predicted molar refractivity (Wildman–Crippen MR) is 71.1 cm³/mol. The van der Waals surface area contributed by atoms with Gasteiger partial charge in [0.2, 0.25) is 0 Å². The fourth-order valence-electron chi connectivity index (χ4n) is 2.95. The summed E-state index contributed by atoms with van der Waals surface area (Å²) in [6.45, 7) is 7.45. The van der Waals surface area contributed by atoms with Gasteiger partial charge in [0.05, 0.1) is 0 Å². The molecule has 1 heterocycles. The van der Waals surface area contributed by atoms with Crippen LogP contribution in [-0.4, -0.2) is 48.8 Å². The molecule has 2 fully saturated rings. The van der Waals surface area contributed by atoms with Crippen LogP contribution in [0.25, 0.3) is 0 Å². The number of rotatable bonds is 7. The number of likely N-dealkylation sites (tertiary alicyclic amines) is 1. The quantitative estimate of drug-likeness (QED) is 0.662. The summed E-state index contributed by atoms with van der Waals surface area (Å²) in [5.74, 6) is 1.87. The smallest absolute Gasteiger partial charge is 0.0443 e. The molecule has 0 radical (unpaired) electrons. The molecule has 0 aromatic heterocycles. The first-order valence-corrected chi connectivity index (χ1v) is 7.38. The van der Waals surface area contributed by atoms with Crippen molar-refractivity contribution in [1.29, 1.82) is 0 Å². The minimum atomic E-state index is 0.308. The standard InChI is InChI=1S/C14H28N2O/c1-2-12-8-14(15-6-3-7-17)11-16(9-12)10-13-4-5-13/h12-15,17H,2-11H2,1H3. The van der Waals surface area contributed by atoms with Gasteiger partial charge in [-0.15, -0.1) is 0 Å². The summed E-state index contributed by atoms with van der Waals surface area (Å²) >= 11 is 0. The lowest BCUT2D eigenvalue weighted by atomic mass is 9.92. The van der Waals surface area contributed by atoms with Crippen molar-refractivity contribution >= 4 is 0 Å². The zero-order valence-corrected chi connectivity index (χ0v) is 11.2. The van der Waals surface area contributed by atoms with Crippen molar-refractivity contribution in [2.75, 3.05) is 32.8 Å². The van der Waals surface area contributed by atoms with Crippen LogP contribution in [0.2, 0.25) is 0 Å². The molecule has 2 N–H and O–H groups in total. The fraction of sp³-hybridized carbons (Fsp3) is 1.00. The van der Waals surface area contributed by atoms with E-state index in [-0.39, 0.29) is 0 Å². The first kappa shape index (κ1) is 13.3. The van der Waals surface area contributed by atoms with Gasteiger partial charge in [0.15, 0.2) is 0 Å². The molecule has 3 heteroatoms. The minimum Gasteiger partial charge on any atom is -0.396 e. The normalized spacial score (nSPS) is 30.7. The average Bonchev–Trinajstić information content (AvgIpc) is 3.13. The molecule has 3 nitrogen and oxygen atoms in total. The zero-order chi connectivity index (χ0) is 12.1. The molecule has 0 aromatic carbocycles. The summed E-state index contributed by atoms with van der Waals surface area (Å²) in [6.07, 6.45) is 6.42. The Balaban J connectivity index is 1.74. The summed E-state index contributed by atoms with van der Waals surface area (Å²) < 4.78 is 0. The van der Waals surface area contributed by atoms with Gasteiger partial charge in [-0.05, 0) is 44.1 Å². The lowest BCUT2D eigenvalue weighted by Gasteiger charge is -2.38. The Morgan fingerprint density at radius 3 is 2.71 bits per heavy atom. The molecule has 1 aliphatic heterocycles. The molecule has 1 aliphatic carbocycles. The van der Waals surface area contributed by atoms with Gasteiger partial charge in [-0.2, -0.15) is 0 Å². The topological polar surface area (TPSA) is 35.5 Å². The molecule has 2 aliphatic rings. The van der Waals surface area contributed by atoms with Gasteiger partial charge in [0.1, 0.15) is 0 Å². The second kappa shape index (κ2) is 6.72. The van der Waals surface area contributed by atoms with E-state index in [4.69, 9.17) is 5.11 Å². The van der Waals surface area contributed by atoms with Crippen molar-refractivity contribution in [2.45, 2.75) is 45.1 Å². The van der Waals surface area contributed by atoms with Crippen LogP contribution in [0, 0.1) is 11.8 Å². The van der Waals surface area contributed by atoms with Gasteiger partial charge in [-0.3, -0.25) is 0 Å². The molecule has 17 heavy (non-hydrogen) atoms. The summed E-state index contributed by atoms with van der Waals surface area (Å²) in [7, 11) is 0. The molecule has 0 aromatic rings. The van der Waals surface area contributed by atoms with Gasteiger partial charge in [-0.25, -0.2) is 0 Å². The molecule has 2 unspecified atom stereocenters. The van der Waals surface area contributed by atoms with Crippen LogP contribution < -0.4 is 5.32 Å². The third kappa shape index (κ3) is 4.57. The first-order chi connectivity index (χ1) is 8.31. The zero-order valence-electron chi connectivity index (χ0n) is 11.2. The highest BCUT2D eigenvalue weighted by molar-refractivity contribution is 4.86. The lowest BCUT2D eigenvalue weighted by molar-refractivity contribution is 0.132. The summed E-state index contributed by atoms with van der Waals surface area (Å²) in [5.41, 5.74) is 0. The van der Waals surface area contributed by atoms with Crippen LogP contribution in [0.4, 0.5) is 0 Å². The monoisotopic (exact) mass is 240 g/mol. The van der Waals surface area contributed by atoms with Crippen LogP contribution in [0.5, 0.6) is 0 Å². The van der Waals surface area contributed by atoms with E-state index in [0.717, 1.165) is 24.8 Å². The van der Waals surface area contributed by atoms with Gasteiger partial charge < -0.3 is 15.3 Å². The molecular weight excluding hydrogens is 212 g/mol. The lowest BCUT2D eigenvalue weighted by Crippen LogP contribution is -2.49. The fourth-order valence-corrected chi connectivity index (χ4v) is 2.95. The maximum atomic E-state index is 8.82. The second-order valence-corrected chi connectivity index (χ2v) is 5.90. The molecule has 100 valence electrons. The predicted octanol–water partition coefficient (Wildman–Crippen LogP) is 1.47. The van der Waals surface area contributed by atoms with Gasteiger partial charge in [0.25, 0.3) is 0 Å². The molecular formula is C14H28N2O. The van der Waals surface area contributed by atoms with Crippen LogP contribution in [0.1, 0.15) is 39.0 Å².